The maximum Gasteiger partial charge on any atom is 0.277 e. The largest absolute Gasteiger partial charge is 0.493 e. The molecule has 0 heterocycles. The number of amides is 1. The van der Waals surface area contributed by atoms with E-state index in [1.54, 1.807) is 50.6 Å². The van der Waals surface area contributed by atoms with Crippen molar-refractivity contribution in [3.63, 3.8) is 0 Å². The summed E-state index contributed by atoms with van der Waals surface area (Å²) in [6, 6.07) is 10.3. The van der Waals surface area contributed by atoms with Gasteiger partial charge in [-0.2, -0.15) is 5.10 Å². The fourth-order valence-electron chi connectivity index (χ4n) is 1.90. The van der Waals surface area contributed by atoms with E-state index in [0.717, 1.165) is 5.56 Å². The van der Waals surface area contributed by atoms with E-state index in [2.05, 4.69) is 26.5 Å². The fraction of sp³-hybridized carbons (Fsp3) is 0.176. The summed E-state index contributed by atoms with van der Waals surface area (Å²) in [6.07, 6.45) is 1.49. The summed E-state index contributed by atoms with van der Waals surface area (Å²) in [5.74, 6) is 1.30. The smallest absolute Gasteiger partial charge is 0.277 e. The van der Waals surface area contributed by atoms with Crippen LogP contribution < -0.4 is 19.6 Å². The second-order valence-corrected chi connectivity index (χ2v) is 6.06. The topological polar surface area (TPSA) is 69.2 Å². The lowest BCUT2D eigenvalue weighted by atomic mass is 10.2. The van der Waals surface area contributed by atoms with Gasteiger partial charge in [0.1, 0.15) is 5.75 Å². The predicted octanol–water partition coefficient (Wildman–Crippen LogP) is 3.65. The molecule has 0 aromatic heterocycles. The molecule has 25 heavy (non-hydrogen) atoms. The van der Waals surface area contributed by atoms with Gasteiger partial charge in [0, 0.05) is 5.02 Å². The molecule has 0 fully saturated rings. The molecule has 0 aliphatic rings. The van der Waals surface area contributed by atoms with Crippen LogP contribution in [0.5, 0.6) is 17.2 Å². The van der Waals surface area contributed by atoms with Crippen molar-refractivity contribution in [3.8, 4) is 17.2 Å². The fourth-order valence-corrected chi connectivity index (χ4v) is 2.65. The molecule has 8 heteroatoms. The minimum atomic E-state index is -0.384. The zero-order chi connectivity index (χ0) is 18.2. The summed E-state index contributed by atoms with van der Waals surface area (Å²) in [5.41, 5.74) is 3.12. The molecule has 0 atom stereocenters. The molecule has 132 valence electrons. The highest BCUT2D eigenvalue weighted by Gasteiger charge is 2.09. The molecular formula is C17H16BrClN2O4. The molecule has 0 aliphatic carbocycles. The van der Waals surface area contributed by atoms with E-state index < -0.39 is 0 Å². The Hall–Kier alpha value is -2.25. The molecule has 0 bridgehead atoms. The Bertz CT molecular complexity index is 766. The molecule has 0 spiro atoms. The molecule has 0 saturated carbocycles. The van der Waals surface area contributed by atoms with Gasteiger partial charge in [-0.1, -0.05) is 11.6 Å². The number of carbonyl (C=O) groups excluding carboxylic acids is 1. The molecule has 0 radical (unpaired) electrons. The zero-order valence-electron chi connectivity index (χ0n) is 13.6. The lowest BCUT2D eigenvalue weighted by Gasteiger charge is -2.10. The van der Waals surface area contributed by atoms with Crippen LogP contribution in [-0.2, 0) is 4.79 Å². The molecule has 6 nitrogen and oxygen atoms in total. The van der Waals surface area contributed by atoms with E-state index >= 15 is 0 Å². The second kappa shape index (κ2) is 9.29. The van der Waals surface area contributed by atoms with Crippen molar-refractivity contribution in [1.29, 1.82) is 0 Å². The molecule has 2 aromatic carbocycles. The van der Waals surface area contributed by atoms with Crippen molar-refractivity contribution >= 4 is 39.7 Å². The molecule has 1 amide bonds. The number of rotatable bonds is 7. The third kappa shape index (κ3) is 5.65. The first-order chi connectivity index (χ1) is 12.0. The van der Waals surface area contributed by atoms with Crippen LogP contribution in [0, 0.1) is 0 Å². The Morgan fingerprint density at radius 3 is 2.60 bits per heavy atom. The predicted molar refractivity (Wildman–Crippen MR) is 99.9 cm³/mol. The van der Waals surface area contributed by atoms with Crippen LogP contribution >= 0.6 is 27.5 Å². The third-order valence-electron chi connectivity index (χ3n) is 3.04. The van der Waals surface area contributed by atoms with Crippen LogP contribution in [0.2, 0.25) is 5.02 Å². The van der Waals surface area contributed by atoms with Gasteiger partial charge in [0.2, 0.25) is 0 Å². The highest BCUT2D eigenvalue weighted by molar-refractivity contribution is 9.10. The van der Waals surface area contributed by atoms with Crippen LogP contribution in [0.15, 0.2) is 46.0 Å². The van der Waals surface area contributed by atoms with E-state index in [-0.39, 0.29) is 12.5 Å². The first kappa shape index (κ1) is 19.1. The first-order valence-corrected chi connectivity index (χ1v) is 8.32. The monoisotopic (exact) mass is 426 g/mol. The van der Waals surface area contributed by atoms with Gasteiger partial charge in [-0.15, -0.1) is 0 Å². The highest BCUT2D eigenvalue weighted by atomic mass is 79.9. The van der Waals surface area contributed by atoms with E-state index in [1.165, 1.54) is 6.21 Å². The third-order valence-corrected chi connectivity index (χ3v) is 3.88. The van der Waals surface area contributed by atoms with Gasteiger partial charge in [0.25, 0.3) is 5.91 Å². The van der Waals surface area contributed by atoms with Crippen molar-refractivity contribution in [2.45, 2.75) is 0 Å². The van der Waals surface area contributed by atoms with Gasteiger partial charge in [-0.25, -0.2) is 5.43 Å². The highest BCUT2D eigenvalue weighted by Crippen LogP contribution is 2.35. The van der Waals surface area contributed by atoms with Crippen LogP contribution in [0.25, 0.3) is 0 Å². The Balaban J connectivity index is 1.90. The lowest BCUT2D eigenvalue weighted by molar-refractivity contribution is -0.123. The molecule has 2 aromatic rings. The van der Waals surface area contributed by atoms with Crippen molar-refractivity contribution in [2.24, 2.45) is 5.10 Å². The molecule has 2 rings (SSSR count). The van der Waals surface area contributed by atoms with Gasteiger partial charge in [-0.3, -0.25) is 4.79 Å². The first-order valence-electron chi connectivity index (χ1n) is 7.15. The summed E-state index contributed by atoms with van der Waals surface area (Å²) >= 11 is 9.17. The Morgan fingerprint density at radius 2 is 1.96 bits per heavy atom. The molecule has 0 aliphatic heterocycles. The van der Waals surface area contributed by atoms with E-state index in [9.17, 15) is 4.79 Å². The lowest BCUT2D eigenvalue weighted by Crippen LogP contribution is -2.24. The average molecular weight is 428 g/mol. The van der Waals surface area contributed by atoms with Crippen molar-refractivity contribution in [3.05, 3.63) is 51.5 Å². The zero-order valence-corrected chi connectivity index (χ0v) is 15.9. The minimum absolute atomic E-state index is 0.158. The quantitative estimate of drug-likeness (QED) is 0.541. The number of carbonyl (C=O) groups is 1. The van der Waals surface area contributed by atoms with E-state index in [1.807, 2.05) is 0 Å². The number of benzene rings is 2. The van der Waals surface area contributed by atoms with Crippen LogP contribution in [-0.4, -0.2) is 32.9 Å². The number of hydrazone groups is 1. The van der Waals surface area contributed by atoms with Gasteiger partial charge in [0.15, 0.2) is 18.1 Å². The van der Waals surface area contributed by atoms with Crippen LogP contribution in [0.4, 0.5) is 0 Å². The number of ether oxygens (including phenoxy) is 3. The van der Waals surface area contributed by atoms with Crippen molar-refractivity contribution in [2.75, 3.05) is 20.8 Å². The summed E-state index contributed by atoms with van der Waals surface area (Å²) in [6.45, 7) is -0.158. The number of nitrogens with zero attached hydrogens (tertiary/aromatic N) is 1. The average Bonchev–Trinajstić information content (AvgIpc) is 2.60. The standard InChI is InChI=1S/C17H16BrClN2O4/c1-23-15-8-11(7-14(18)17(15)24-2)9-20-21-16(22)10-25-13-5-3-12(19)4-6-13/h3-9H,10H2,1-2H3,(H,21,22). The molecule has 0 saturated heterocycles. The van der Waals surface area contributed by atoms with E-state index in [4.69, 9.17) is 25.8 Å². The molecule has 0 unspecified atom stereocenters. The Kier molecular flexibility index (Phi) is 7.09. The van der Waals surface area contributed by atoms with Gasteiger partial charge in [0.05, 0.1) is 24.9 Å². The van der Waals surface area contributed by atoms with Gasteiger partial charge in [-0.05, 0) is 57.9 Å². The number of halogens is 2. The number of nitrogens with one attached hydrogen (secondary N) is 1. The summed E-state index contributed by atoms with van der Waals surface area (Å²) in [7, 11) is 3.10. The molecular weight excluding hydrogens is 412 g/mol. The van der Waals surface area contributed by atoms with E-state index in [0.29, 0.717) is 26.7 Å². The van der Waals surface area contributed by atoms with Crippen molar-refractivity contribution < 1.29 is 19.0 Å². The van der Waals surface area contributed by atoms with Crippen LogP contribution in [0.1, 0.15) is 5.56 Å². The second-order valence-electron chi connectivity index (χ2n) is 4.77. The Labute approximate surface area is 158 Å². The van der Waals surface area contributed by atoms with Gasteiger partial charge < -0.3 is 14.2 Å². The number of methoxy groups -OCH3 is 2. The number of hydrogen-bond donors (Lipinski definition) is 1. The SMILES string of the molecule is COc1cc(C=NNC(=O)COc2ccc(Cl)cc2)cc(Br)c1OC. The summed E-state index contributed by atoms with van der Waals surface area (Å²) in [4.78, 5) is 11.7. The number of hydrogen-bond acceptors (Lipinski definition) is 5. The minimum Gasteiger partial charge on any atom is -0.493 e. The van der Waals surface area contributed by atoms with Crippen molar-refractivity contribution in [1.82, 2.24) is 5.43 Å². The molecule has 1 N–H and O–H groups in total. The van der Waals surface area contributed by atoms with Crippen LogP contribution in [0.3, 0.4) is 0 Å². The van der Waals surface area contributed by atoms with Gasteiger partial charge >= 0.3 is 0 Å². The maximum absolute atomic E-state index is 11.7. The Morgan fingerprint density at radius 1 is 1.24 bits per heavy atom. The summed E-state index contributed by atoms with van der Waals surface area (Å²) < 4.78 is 16.5. The summed E-state index contributed by atoms with van der Waals surface area (Å²) in [5, 5.41) is 4.50. The normalized spacial score (nSPS) is 10.6. The maximum atomic E-state index is 11.7.